The van der Waals surface area contributed by atoms with Crippen LogP contribution in [0.1, 0.15) is 5.56 Å². The van der Waals surface area contributed by atoms with Gasteiger partial charge < -0.3 is 0 Å². The molecule has 0 saturated carbocycles. The third-order valence-corrected chi connectivity index (χ3v) is 5.88. The maximum atomic E-state index is 11.7. The van der Waals surface area contributed by atoms with E-state index in [0.717, 1.165) is 12.1 Å². The molecule has 0 fully saturated rings. The van der Waals surface area contributed by atoms with Crippen LogP contribution in [0.5, 0.6) is 0 Å². The first-order valence-corrected chi connectivity index (χ1v) is 8.67. The normalized spacial score (nSPS) is 13.5. The average molecular weight is 367 g/mol. The summed E-state index contributed by atoms with van der Waals surface area (Å²) in [6.45, 7) is 1.63. The zero-order chi connectivity index (χ0) is 14.9. The minimum absolute atomic E-state index is 0.600. The predicted octanol–water partition coefficient (Wildman–Crippen LogP) is 1.53. The first-order valence-electron chi connectivity index (χ1n) is 4.46. The van der Waals surface area contributed by atoms with Crippen LogP contribution in [-0.4, -0.2) is 28.1 Å². The molecule has 0 aliphatic heterocycles. The van der Waals surface area contributed by atoms with E-state index in [4.69, 9.17) is 0 Å². The second-order valence-corrected chi connectivity index (χ2v) is 7.71. The van der Waals surface area contributed by atoms with E-state index in [0.29, 0.717) is 5.56 Å². The number of aryl methyl sites for hydroxylation is 1. The van der Waals surface area contributed by atoms with Crippen molar-refractivity contribution in [3.05, 3.63) is 29.8 Å². The first-order chi connectivity index (χ1) is 8.41. The number of hydrogen-bond donors (Lipinski definition) is 0. The summed E-state index contributed by atoms with van der Waals surface area (Å²) in [5, 5.41) is 0. The summed E-state index contributed by atoms with van der Waals surface area (Å²) in [4.78, 5) is -0.600. The van der Waals surface area contributed by atoms with E-state index in [1.807, 2.05) is 0 Å². The summed E-state index contributed by atoms with van der Waals surface area (Å²) >= 11 is -6.58. The van der Waals surface area contributed by atoms with Crippen LogP contribution in [0.4, 0.5) is 13.2 Å². The first kappa shape index (κ1) is 16.1. The van der Waals surface area contributed by atoms with Gasteiger partial charge in [0.05, 0.1) is 0 Å². The van der Waals surface area contributed by atoms with E-state index < -0.39 is 34.7 Å². The quantitative estimate of drug-likeness (QED) is 0.751. The number of alkyl halides is 3. The van der Waals surface area contributed by atoms with Gasteiger partial charge in [-0.25, -0.2) is 0 Å². The van der Waals surface area contributed by atoms with Gasteiger partial charge in [-0.2, -0.15) is 0 Å². The van der Waals surface area contributed by atoms with Crippen molar-refractivity contribution in [3.8, 4) is 0 Å². The molecule has 0 radical (unpaired) electrons. The van der Waals surface area contributed by atoms with Crippen molar-refractivity contribution in [1.82, 2.24) is 0 Å². The van der Waals surface area contributed by atoms with Gasteiger partial charge in [0.2, 0.25) is 0 Å². The Bertz CT molecular complexity index is 647. The zero-order valence-electron chi connectivity index (χ0n) is 9.21. The van der Waals surface area contributed by atoms with E-state index >= 15 is 0 Å². The molecule has 108 valence electrons. The molecule has 0 aromatic heterocycles. The van der Waals surface area contributed by atoms with Gasteiger partial charge in [-0.15, -0.1) is 0 Å². The molecule has 0 unspecified atom stereocenters. The van der Waals surface area contributed by atoms with Gasteiger partial charge in [-0.3, -0.25) is 0 Å². The number of rotatable bonds is 4. The molecule has 0 aliphatic carbocycles. The van der Waals surface area contributed by atoms with Crippen LogP contribution in [0, 0.1) is 6.92 Å². The van der Waals surface area contributed by atoms with E-state index in [1.165, 1.54) is 12.1 Å². The van der Waals surface area contributed by atoms with Crippen molar-refractivity contribution in [2.24, 2.45) is 0 Å². The Morgan fingerprint density at radius 2 is 1.58 bits per heavy atom. The third kappa shape index (κ3) is 5.25. The number of halogens is 3. The molecule has 0 amide bonds. The van der Waals surface area contributed by atoms with Crippen LogP contribution < -0.4 is 0 Å². The van der Waals surface area contributed by atoms with Gasteiger partial charge in [0.1, 0.15) is 0 Å². The SMILES string of the molecule is Cc1ccc(S(=O)(=O)O[Se](=O)(=O)OC(F)(F)F)cc1. The Morgan fingerprint density at radius 3 is 2.00 bits per heavy atom. The Hall–Kier alpha value is -1.00. The van der Waals surface area contributed by atoms with Crippen LogP contribution >= 0.6 is 0 Å². The monoisotopic (exact) mass is 368 g/mol. The van der Waals surface area contributed by atoms with Crippen LogP contribution in [0.2, 0.25) is 0 Å². The summed E-state index contributed by atoms with van der Waals surface area (Å²) in [7, 11) is -4.89. The van der Waals surface area contributed by atoms with E-state index in [-0.39, 0.29) is 0 Å². The van der Waals surface area contributed by atoms with Crippen molar-refractivity contribution in [2.75, 3.05) is 0 Å². The van der Waals surface area contributed by atoms with Gasteiger partial charge in [0.15, 0.2) is 0 Å². The molecular formula is C8H7F3O6SSe. The van der Waals surface area contributed by atoms with E-state index in [2.05, 4.69) is 7.08 Å². The molecule has 1 aromatic carbocycles. The summed E-state index contributed by atoms with van der Waals surface area (Å²) in [5.74, 6) is 0. The molecule has 19 heavy (non-hydrogen) atoms. The van der Waals surface area contributed by atoms with Gasteiger partial charge >= 0.3 is 108 Å². The van der Waals surface area contributed by atoms with Crippen molar-refractivity contribution in [2.45, 2.75) is 18.2 Å². The summed E-state index contributed by atoms with van der Waals surface area (Å²) in [6.07, 6.45) is -5.55. The van der Waals surface area contributed by atoms with Gasteiger partial charge in [0, 0.05) is 0 Å². The molecule has 0 aliphatic rings. The fourth-order valence-corrected chi connectivity index (χ4v) is 4.31. The Labute approximate surface area is 108 Å². The number of benzene rings is 1. The number of hydrogen-bond acceptors (Lipinski definition) is 6. The summed E-state index contributed by atoms with van der Waals surface area (Å²) in [6, 6.07) is 4.63. The van der Waals surface area contributed by atoms with Crippen molar-refractivity contribution >= 4 is 23.5 Å². The van der Waals surface area contributed by atoms with Crippen LogP contribution in [0.15, 0.2) is 29.2 Å². The molecule has 11 heteroatoms. The van der Waals surface area contributed by atoms with Crippen molar-refractivity contribution < 1.29 is 36.3 Å². The fraction of sp³-hybridized carbons (Fsp3) is 0.250. The molecule has 0 heterocycles. The second-order valence-electron chi connectivity index (χ2n) is 3.27. The summed E-state index contributed by atoms with van der Waals surface area (Å²) in [5.41, 5.74) is 0.666. The third-order valence-electron chi connectivity index (χ3n) is 1.68. The molecule has 0 bridgehead atoms. The molecule has 6 nitrogen and oxygen atoms in total. The Kier molecular flexibility index (Phi) is 4.37. The van der Waals surface area contributed by atoms with Crippen LogP contribution in [-0.2, 0) is 24.9 Å². The molecule has 0 N–H and O–H groups in total. The minimum atomic E-state index is -6.58. The van der Waals surface area contributed by atoms with Gasteiger partial charge in [-0.1, -0.05) is 0 Å². The van der Waals surface area contributed by atoms with Crippen LogP contribution in [0.25, 0.3) is 0 Å². The Balaban J connectivity index is 3.01. The molecule has 1 aromatic rings. The molecule has 0 saturated heterocycles. The van der Waals surface area contributed by atoms with Crippen molar-refractivity contribution in [1.29, 1.82) is 0 Å². The average Bonchev–Trinajstić information content (AvgIpc) is 2.11. The molecular weight excluding hydrogens is 360 g/mol. The second kappa shape index (κ2) is 5.17. The summed E-state index contributed by atoms with van der Waals surface area (Å²) < 4.78 is 85.8. The molecule has 1 rings (SSSR count). The maximum absolute atomic E-state index is 11.7. The standard InChI is InChI=1S/C8H7F3O6SSe/c1-6-2-4-7(5-3-6)18(12,13)17-19(14,15)16-8(9,10)11/h2-5H,1H3. The zero-order valence-corrected chi connectivity index (χ0v) is 11.7. The van der Waals surface area contributed by atoms with Gasteiger partial charge in [0.25, 0.3) is 0 Å². The van der Waals surface area contributed by atoms with Crippen molar-refractivity contribution in [3.63, 3.8) is 0 Å². The topological polar surface area (TPSA) is 86.7 Å². The van der Waals surface area contributed by atoms with Gasteiger partial charge in [-0.05, 0) is 0 Å². The van der Waals surface area contributed by atoms with E-state index in [1.54, 1.807) is 6.92 Å². The van der Waals surface area contributed by atoms with Crippen LogP contribution in [0.3, 0.4) is 0 Å². The Morgan fingerprint density at radius 1 is 1.11 bits per heavy atom. The predicted molar refractivity (Wildman–Crippen MR) is 53.7 cm³/mol. The fourth-order valence-electron chi connectivity index (χ4n) is 0.984. The van der Waals surface area contributed by atoms with E-state index in [9.17, 15) is 29.3 Å². The molecule has 0 atom stereocenters. The molecule has 0 spiro atoms.